The Balaban J connectivity index is 2.09. The van der Waals surface area contributed by atoms with Crippen molar-refractivity contribution in [2.45, 2.75) is 6.42 Å². The zero-order valence-corrected chi connectivity index (χ0v) is 9.18. The smallest absolute Gasteiger partial charge is 0.138 e. The van der Waals surface area contributed by atoms with Gasteiger partial charge in [0.2, 0.25) is 0 Å². The average molecular weight is 228 g/mol. The fraction of sp³-hybridized carbons (Fsp3) is 0.167. The highest BCUT2D eigenvalue weighted by Crippen LogP contribution is 2.24. The van der Waals surface area contributed by atoms with Crippen LogP contribution in [0, 0.1) is 0 Å². The van der Waals surface area contributed by atoms with Gasteiger partial charge in [-0.3, -0.25) is 0 Å². The van der Waals surface area contributed by atoms with E-state index in [0.29, 0.717) is 13.0 Å². The fourth-order valence-corrected chi connectivity index (χ4v) is 1.93. The number of nitrogens with zero attached hydrogens (tertiary/aromatic N) is 2. The van der Waals surface area contributed by atoms with E-state index in [1.165, 1.54) is 0 Å². The van der Waals surface area contributed by atoms with Crippen LogP contribution in [0.15, 0.2) is 35.1 Å². The van der Waals surface area contributed by atoms with Gasteiger partial charge >= 0.3 is 0 Å². The minimum atomic E-state index is 0.535. The van der Waals surface area contributed by atoms with E-state index in [-0.39, 0.29) is 0 Å². The number of nitrogens with one attached hydrogen (secondary N) is 1. The Labute approximate surface area is 97.6 Å². The van der Waals surface area contributed by atoms with Gasteiger partial charge in [0.15, 0.2) is 0 Å². The van der Waals surface area contributed by atoms with E-state index >= 15 is 0 Å². The number of hydrogen-bond donors (Lipinski definition) is 2. The normalized spacial score (nSPS) is 11.1. The van der Waals surface area contributed by atoms with Crippen LogP contribution in [-0.4, -0.2) is 21.8 Å². The lowest BCUT2D eigenvalue weighted by Crippen LogP contribution is -2.03. The average Bonchev–Trinajstić information content (AvgIpc) is 2.96. The third-order valence-corrected chi connectivity index (χ3v) is 2.76. The summed E-state index contributed by atoms with van der Waals surface area (Å²) in [4.78, 5) is 3.15. The molecule has 2 heterocycles. The maximum absolute atomic E-state index is 5.53. The topological polar surface area (TPSA) is 80.7 Å². The monoisotopic (exact) mass is 228 g/mol. The van der Waals surface area contributed by atoms with Crippen LogP contribution in [0.2, 0.25) is 0 Å². The largest absolute Gasteiger partial charge is 0.361 e. The molecule has 3 aromatic rings. The molecule has 5 heteroatoms. The lowest BCUT2D eigenvalue weighted by atomic mass is 10.1. The van der Waals surface area contributed by atoms with Crippen molar-refractivity contribution in [1.29, 1.82) is 0 Å². The molecule has 0 aliphatic rings. The molecule has 0 aliphatic carbocycles. The van der Waals surface area contributed by atoms with Crippen LogP contribution >= 0.6 is 0 Å². The van der Waals surface area contributed by atoms with Crippen LogP contribution in [-0.2, 0) is 6.42 Å². The van der Waals surface area contributed by atoms with Gasteiger partial charge in [-0.25, -0.2) is 4.63 Å². The van der Waals surface area contributed by atoms with Gasteiger partial charge in [-0.1, -0.05) is 11.2 Å². The van der Waals surface area contributed by atoms with Gasteiger partial charge in [-0.05, 0) is 29.9 Å². The molecule has 0 spiro atoms. The summed E-state index contributed by atoms with van der Waals surface area (Å²) in [5, 5.41) is 8.96. The lowest BCUT2D eigenvalue weighted by molar-refractivity contribution is 0.304. The standard InChI is InChI=1S/C12H12N4O/c13-5-3-11-12(16-17-15-11)9-1-2-10-8(7-9)4-6-14-10/h1-2,4,6-7,14H,3,5,13H2. The molecule has 0 atom stereocenters. The van der Waals surface area contributed by atoms with Crippen molar-refractivity contribution in [2.75, 3.05) is 6.54 Å². The molecular weight excluding hydrogens is 216 g/mol. The molecule has 2 aromatic heterocycles. The highest BCUT2D eigenvalue weighted by atomic mass is 16.6. The van der Waals surface area contributed by atoms with Crippen molar-refractivity contribution in [2.24, 2.45) is 5.73 Å². The Morgan fingerprint density at radius 2 is 2.18 bits per heavy atom. The second-order valence-corrected chi connectivity index (χ2v) is 3.88. The van der Waals surface area contributed by atoms with E-state index in [9.17, 15) is 0 Å². The Morgan fingerprint density at radius 1 is 1.24 bits per heavy atom. The van der Waals surface area contributed by atoms with Crippen molar-refractivity contribution < 1.29 is 4.63 Å². The van der Waals surface area contributed by atoms with E-state index in [1.807, 2.05) is 24.4 Å². The molecule has 1 aromatic carbocycles. The van der Waals surface area contributed by atoms with Gasteiger partial charge in [-0.15, -0.1) is 0 Å². The van der Waals surface area contributed by atoms with Crippen molar-refractivity contribution in [1.82, 2.24) is 15.3 Å². The first-order valence-electron chi connectivity index (χ1n) is 5.47. The van der Waals surface area contributed by atoms with Gasteiger partial charge < -0.3 is 10.7 Å². The number of fused-ring (bicyclic) bond motifs is 1. The predicted molar refractivity (Wildman–Crippen MR) is 64.3 cm³/mol. The predicted octanol–water partition coefficient (Wildman–Crippen LogP) is 1.72. The third-order valence-electron chi connectivity index (χ3n) is 2.76. The van der Waals surface area contributed by atoms with Gasteiger partial charge in [0, 0.05) is 29.1 Å². The summed E-state index contributed by atoms with van der Waals surface area (Å²) in [5.41, 5.74) is 9.21. The summed E-state index contributed by atoms with van der Waals surface area (Å²) < 4.78 is 4.78. The number of H-pyrrole nitrogens is 1. The molecule has 0 radical (unpaired) electrons. The minimum absolute atomic E-state index is 0.535. The Morgan fingerprint density at radius 3 is 3.06 bits per heavy atom. The number of nitrogens with two attached hydrogens (primary N) is 1. The van der Waals surface area contributed by atoms with Crippen molar-refractivity contribution in [3.63, 3.8) is 0 Å². The maximum atomic E-state index is 5.53. The van der Waals surface area contributed by atoms with Crippen LogP contribution < -0.4 is 5.73 Å². The maximum Gasteiger partial charge on any atom is 0.138 e. The zero-order valence-electron chi connectivity index (χ0n) is 9.18. The molecule has 0 fully saturated rings. The first-order valence-corrected chi connectivity index (χ1v) is 5.47. The third kappa shape index (κ3) is 1.70. The van der Waals surface area contributed by atoms with Gasteiger partial charge in [-0.2, -0.15) is 0 Å². The summed E-state index contributed by atoms with van der Waals surface area (Å²) >= 11 is 0. The van der Waals surface area contributed by atoms with Crippen LogP contribution in [0.1, 0.15) is 5.69 Å². The molecule has 86 valence electrons. The molecule has 0 aliphatic heterocycles. The quantitative estimate of drug-likeness (QED) is 0.715. The fourth-order valence-electron chi connectivity index (χ4n) is 1.93. The van der Waals surface area contributed by atoms with E-state index in [2.05, 4.69) is 21.4 Å². The Hall–Kier alpha value is -2.14. The van der Waals surface area contributed by atoms with Crippen molar-refractivity contribution in [3.05, 3.63) is 36.2 Å². The summed E-state index contributed by atoms with van der Waals surface area (Å²) in [6, 6.07) is 8.10. The highest BCUT2D eigenvalue weighted by Gasteiger charge is 2.11. The summed E-state index contributed by atoms with van der Waals surface area (Å²) in [5.74, 6) is 0. The number of benzene rings is 1. The summed E-state index contributed by atoms with van der Waals surface area (Å²) in [6.07, 6.45) is 2.58. The first kappa shape index (κ1) is 10.0. The minimum Gasteiger partial charge on any atom is -0.361 e. The number of rotatable bonds is 3. The van der Waals surface area contributed by atoms with Crippen LogP contribution in [0.25, 0.3) is 22.2 Å². The molecule has 3 rings (SSSR count). The van der Waals surface area contributed by atoms with Crippen LogP contribution in [0.3, 0.4) is 0 Å². The highest BCUT2D eigenvalue weighted by molar-refractivity contribution is 5.84. The number of hydrogen-bond acceptors (Lipinski definition) is 4. The molecular formula is C12H12N4O. The van der Waals surface area contributed by atoms with E-state index < -0.39 is 0 Å². The molecule has 0 bridgehead atoms. The summed E-state index contributed by atoms with van der Waals surface area (Å²) in [6.45, 7) is 0.535. The second-order valence-electron chi connectivity index (χ2n) is 3.88. The first-order chi connectivity index (χ1) is 8.38. The zero-order chi connectivity index (χ0) is 11.7. The number of aromatic amines is 1. The molecule has 17 heavy (non-hydrogen) atoms. The van der Waals surface area contributed by atoms with E-state index in [4.69, 9.17) is 10.4 Å². The van der Waals surface area contributed by atoms with E-state index in [0.717, 1.165) is 27.9 Å². The van der Waals surface area contributed by atoms with Crippen LogP contribution in [0.4, 0.5) is 0 Å². The molecule has 0 saturated heterocycles. The SMILES string of the molecule is NCCc1nonc1-c1ccc2[nH]ccc2c1. The molecule has 5 nitrogen and oxygen atoms in total. The van der Waals surface area contributed by atoms with Gasteiger partial charge in [0.05, 0.1) is 0 Å². The van der Waals surface area contributed by atoms with Crippen LogP contribution in [0.5, 0.6) is 0 Å². The molecule has 0 saturated carbocycles. The molecule has 0 unspecified atom stereocenters. The Bertz CT molecular complexity index is 641. The van der Waals surface area contributed by atoms with Gasteiger partial charge in [0.25, 0.3) is 0 Å². The molecule has 0 amide bonds. The van der Waals surface area contributed by atoms with E-state index in [1.54, 1.807) is 0 Å². The second kappa shape index (κ2) is 4.03. The van der Waals surface area contributed by atoms with Crippen molar-refractivity contribution >= 4 is 10.9 Å². The van der Waals surface area contributed by atoms with Crippen molar-refractivity contribution in [3.8, 4) is 11.3 Å². The lowest BCUT2D eigenvalue weighted by Gasteiger charge is -1.98. The van der Waals surface area contributed by atoms with Gasteiger partial charge in [0.1, 0.15) is 11.4 Å². The Kier molecular flexibility index (Phi) is 2.38. The summed E-state index contributed by atoms with van der Waals surface area (Å²) in [7, 11) is 0. The number of aromatic nitrogens is 3. The molecule has 3 N–H and O–H groups in total.